The van der Waals surface area contributed by atoms with E-state index in [4.69, 9.17) is 9.15 Å². The fraction of sp³-hybridized carbons (Fsp3) is 0.348. The van der Waals surface area contributed by atoms with Gasteiger partial charge in [-0.2, -0.15) is 4.31 Å². The molecule has 0 spiro atoms. The molecule has 0 radical (unpaired) electrons. The molecule has 0 N–H and O–H groups in total. The molecule has 1 aliphatic heterocycles. The third kappa shape index (κ3) is 4.66. The summed E-state index contributed by atoms with van der Waals surface area (Å²) in [6.45, 7) is 6.90. The molecular formula is C23H27N3O4S. The van der Waals surface area contributed by atoms with Crippen molar-refractivity contribution in [1.82, 2.24) is 14.2 Å². The van der Waals surface area contributed by atoms with E-state index in [2.05, 4.69) is 35.9 Å². The Bertz CT molecular complexity index is 1150. The number of aryl methyl sites for hydroxylation is 2. The molecule has 1 saturated heterocycles. The van der Waals surface area contributed by atoms with Crippen molar-refractivity contribution >= 4 is 10.0 Å². The van der Waals surface area contributed by atoms with E-state index in [0.29, 0.717) is 44.4 Å². The Hall–Kier alpha value is -2.68. The van der Waals surface area contributed by atoms with Crippen LogP contribution < -0.4 is 4.74 Å². The minimum absolute atomic E-state index is 0.288. The van der Waals surface area contributed by atoms with Crippen LogP contribution in [0.25, 0.3) is 11.5 Å². The molecular weight excluding hydrogens is 414 g/mol. The Morgan fingerprint density at radius 2 is 1.74 bits per heavy atom. The van der Waals surface area contributed by atoms with Crippen molar-refractivity contribution in [2.75, 3.05) is 33.3 Å². The molecule has 31 heavy (non-hydrogen) atoms. The van der Waals surface area contributed by atoms with Crippen LogP contribution in [-0.4, -0.2) is 55.9 Å². The van der Waals surface area contributed by atoms with Crippen LogP contribution in [0, 0.1) is 13.8 Å². The van der Waals surface area contributed by atoms with Crippen LogP contribution in [-0.2, 0) is 16.6 Å². The predicted octanol–water partition coefficient (Wildman–Crippen LogP) is 3.47. The maximum Gasteiger partial charge on any atom is 0.243 e. The second kappa shape index (κ2) is 8.82. The van der Waals surface area contributed by atoms with Gasteiger partial charge in [-0.05, 0) is 49.7 Å². The largest absolute Gasteiger partial charge is 0.497 e. The molecule has 0 amide bonds. The van der Waals surface area contributed by atoms with Gasteiger partial charge in [-0.1, -0.05) is 17.7 Å². The lowest BCUT2D eigenvalue weighted by atomic mass is 10.1. The number of methoxy groups -OCH3 is 1. The van der Waals surface area contributed by atoms with Crippen molar-refractivity contribution in [2.45, 2.75) is 25.3 Å². The number of oxazole rings is 1. The zero-order chi connectivity index (χ0) is 22.0. The summed E-state index contributed by atoms with van der Waals surface area (Å²) >= 11 is 0. The fourth-order valence-corrected chi connectivity index (χ4v) is 5.23. The first kappa shape index (κ1) is 21.5. The number of nitrogens with zero attached hydrogens (tertiary/aromatic N) is 3. The number of hydrogen-bond donors (Lipinski definition) is 0. The average Bonchev–Trinajstić information content (AvgIpc) is 3.22. The maximum atomic E-state index is 12.9. The number of ether oxygens (including phenoxy) is 1. The molecule has 2 aromatic carbocycles. The number of hydrogen-bond acceptors (Lipinski definition) is 6. The lowest BCUT2D eigenvalue weighted by Crippen LogP contribution is -2.48. The van der Waals surface area contributed by atoms with Crippen LogP contribution in [0.15, 0.2) is 58.0 Å². The molecule has 0 unspecified atom stereocenters. The molecule has 3 aromatic rings. The van der Waals surface area contributed by atoms with Gasteiger partial charge in [0, 0.05) is 38.3 Å². The molecule has 8 heteroatoms. The van der Waals surface area contributed by atoms with Crippen molar-refractivity contribution in [3.8, 4) is 17.2 Å². The maximum absolute atomic E-state index is 12.9. The molecule has 4 rings (SSSR count). The summed E-state index contributed by atoms with van der Waals surface area (Å²) in [5.41, 5.74) is 4.18. The Morgan fingerprint density at radius 1 is 1.03 bits per heavy atom. The van der Waals surface area contributed by atoms with Gasteiger partial charge in [0.25, 0.3) is 0 Å². The Morgan fingerprint density at radius 3 is 2.39 bits per heavy atom. The first-order valence-electron chi connectivity index (χ1n) is 10.3. The molecule has 1 aromatic heterocycles. The van der Waals surface area contributed by atoms with Crippen LogP contribution in [0.2, 0.25) is 0 Å². The smallest absolute Gasteiger partial charge is 0.243 e. The standard InChI is InChI=1S/C23H27N3O4S/c1-17-4-9-22(18(2)14-17)23-24-19(16-30-23)15-25-10-12-26(13-11-25)31(27,28)21-7-5-20(29-3)6-8-21/h4-9,14,16H,10-13,15H2,1-3H3. The highest BCUT2D eigenvalue weighted by molar-refractivity contribution is 7.89. The van der Waals surface area contributed by atoms with Crippen molar-refractivity contribution in [3.05, 3.63) is 65.5 Å². The molecule has 1 aliphatic rings. The lowest BCUT2D eigenvalue weighted by Gasteiger charge is -2.33. The van der Waals surface area contributed by atoms with Crippen molar-refractivity contribution in [2.24, 2.45) is 0 Å². The highest BCUT2D eigenvalue weighted by Gasteiger charge is 2.28. The van der Waals surface area contributed by atoms with Crippen LogP contribution >= 0.6 is 0 Å². The van der Waals surface area contributed by atoms with E-state index in [9.17, 15) is 8.42 Å². The van der Waals surface area contributed by atoms with Crippen LogP contribution in [0.4, 0.5) is 0 Å². The van der Waals surface area contributed by atoms with Gasteiger partial charge < -0.3 is 9.15 Å². The molecule has 1 fully saturated rings. The minimum atomic E-state index is -3.51. The number of piperazine rings is 1. The van der Waals surface area contributed by atoms with E-state index in [1.54, 1.807) is 37.6 Å². The topological polar surface area (TPSA) is 75.9 Å². The van der Waals surface area contributed by atoms with E-state index >= 15 is 0 Å². The Labute approximate surface area is 183 Å². The van der Waals surface area contributed by atoms with E-state index in [0.717, 1.165) is 16.8 Å². The number of rotatable bonds is 6. The summed E-state index contributed by atoms with van der Waals surface area (Å²) in [5.74, 6) is 1.25. The first-order chi connectivity index (χ1) is 14.9. The summed E-state index contributed by atoms with van der Waals surface area (Å²) in [6, 6.07) is 12.7. The summed E-state index contributed by atoms with van der Waals surface area (Å²) < 4.78 is 38.2. The van der Waals surface area contributed by atoms with Gasteiger partial charge in [-0.15, -0.1) is 0 Å². The molecule has 0 aliphatic carbocycles. The predicted molar refractivity (Wildman–Crippen MR) is 118 cm³/mol. The van der Waals surface area contributed by atoms with Gasteiger partial charge in [-0.25, -0.2) is 13.4 Å². The molecule has 2 heterocycles. The molecule has 0 bridgehead atoms. The first-order valence-corrected chi connectivity index (χ1v) is 11.7. The van der Waals surface area contributed by atoms with Crippen LogP contribution in [0.3, 0.4) is 0 Å². The Balaban J connectivity index is 1.37. The SMILES string of the molecule is COc1ccc(S(=O)(=O)N2CCN(Cc3coc(-c4ccc(C)cc4C)n3)CC2)cc1. The summed E-state index contributed by atoms with van der Waals surface area (Å²) in [6.07, 6.45) is 1.69. The number of aromatic nitrogens is 1. The van der Waals surface area contributed by atoms with Gasteiger partial charge in [0.15, 0.2) is 0 Å². The third-order valence-electron chi connectivity index (χ3n) is 5.58. The monoisotopic (exact) mass is 441 g/mol. The van der Waals surface area contributed by atoms with Gasteiger partial charge in [0.2, 0.25) is 15.9 Å². The lowest BCUT2D eigenvalue weighted by molar-refractivity contribution is 0.180. The Kier molecular flexibility index (Phi) is 6.13. The quantitative estimate of drug-likeness (QED) is 0.583. The van der Waals surface area contributed by atoms with Crippen molar-refractivity contribution in [3.63, 3.8) is 0 Å². The van der Waals surface area contributed by atoms with Gasteiger partial charge in [0.05, 0.1) is 17.7 Å². The second-order valence-corrected chi connectivity index (χ2v) is 9.76. The third-order valence-corrected chi connectivity index (χ3v) is 7.49. The van der Waals surface area contributed by atoms with Crippen molar-refractivity contribution < 1.29 is 17.6 Å². The molecule has 7 nitrogen and oxygen atoms in total. The van der Waals surface area contributed by atoms with E-state index in [-0.39, 0.29) is 4.90 Å². The number of sulfonamides is 1. The fourth-order valence-electron chi connectivity index (χ4n) is 3.81. The highest BCUT2D eigenvalue weighted by Crippen LogP contribution is 2.25. The minimum Gasteiger partial charge on any atom is -0.497 e. The van der Waals surface area contributed by atoms with Crippen LogP contribution in [0.1, 0.15) is 16.8 Å². The molecule has 164 valence electrons. The van der Waals surface area contributed by atoms with Gasteiger partial charge >= 0.3 is 0 Å². The van der Waals surface area contributed by atoms with Gasteiger partial charge in [0.1, 0.15) is 12.0 Å². The highest BCUT2D eigenvalue weighted by atomic mass is 32.2. The van der Waals surface area contributed by atoms with Crippen molar-refractivity contribution in [1.29, 1.82) is 0 Å². The zero-order valence-corrected chi connectivity index (χ0v) is 18.9. The molecule has 0 atom stereocenters. The number of benzene rings is 2. The van der Waals surface area contributed by atoms with Gasteiger partial charge in [-0.3, -0.25) is 4.90 Å². The van der Waals surface area contributed by atoms with E-state index in [1.165, 1.54) is 9.87 Å². The normalized spacial score (nSPS) is 15.8. The van der Waals surface area contributed by atoms with E-state index < -0.39 is 10.0 Å². The molecule has 0 saturated carbocycles. The van der Waals surface area contributed by atoms with E-state index in [1.807, 2.05) is 6.07 Å². The average molecular weight is 442 g/mol. The summed E-state index contributed by atoms with van der Waals surface area (Å²) in [7, 11) is -1.95. The second-order valence-electron chi connectivity index (χ2n) is 7.82. The van der Waals surface area contributed by atoms with Crippen LogP contribution in [0.5, 0.6) is 5.75 Å². The summed E-state index contributed by atoms with van der Waals surface area (Å²) in [5, 5.41) is 0. The summed E-state index contributed by atoms with van der Waals surface area (Å²) in [4.78, 5) is 7.13. The zero-order valence-electron chi connectivity index (χ0n) is 18.0.